The Morgan fingerprint density at radius 3 is 0.696 bits per heavy atom. The predicted octanol–water partition coefficient (Wildman–Crippen LogP) is -2.24. The Morgan fingerprint density at radius 1 is 0.321 bits per heavy atom. The second-order valence-corrected chi connectivity index (χ2v) is 18.8. The smallest absolute Gasteiger partial charge is 0.161 e. The topological polar surface area (TPSA) is 245 Å². The highest BCUT2D eigenvalue weighted by Gasteiger charge is 2.59. The van der Waals surface area contributed by atoms with Crippen LogP contribution in [0, 0.1) is 71.0 Å². The van der Waals surface area contributed by atoms with E-state index in [-0.39, 0.29) is 143 Å². The lowest BCUT2D eigenvalue weighted by Crippen LogP contribution is -2.62. The van der Waals surface area contributed by atoms with E-state index in [1.54, 1.807) is 0 Å². The molecule has 16 heteroatoms. The van der Waals surface area contributed by atoms with Gasteiger partial charge in [-0.25, -0.2) is 0 Å². The summed E-state index contributed by atoms with van der Waals surface area (Å²) in [5, 5.41) is 71.9. The lowest BCUT2D eigenvalue weighted by Gasteiger charge is -2.40. The van der Waals surface area contributed by atoms with E-state index in [9.17, 15) is 39.6 Å². The fraction of sp³-hybridized carbons (Fsp3) is 0.900. The van der Waals surface area contributed by atoms with Crippen LogP contribution in [-0.4, -0.2) is 119 Å². The fourth-order valence-electron chi connectivity index (χ4n) is 14.3. The predicted molar refractivity (Wildman–Crippen MR) is 201 cm³/mol. The van der Waals surface area contributed by atoms with Crippen molar-refractivity contribution in [3.8, 4) is 0 Å². The number of aliphatic hydroxyl groups excluding tert-OH is 4. The molecule has 0 aromatic rings. The van der Waals surface area contributed by atoms with E-state index >= 15 is 0 Å². The Bertz CT molecular complexity index is 1290. The molecule has 9 aliphatic rings. The first-order valence-electron chi connectivity index (χ1n) is 21.9. The van der Waals surface area contributed by atoms with E-state index in [2.05, 4.69) is 42.5 Å². The zero-order chi connectivity index (χ0) is 38.8. The number of nitrogens with one attached hydrogen (secondary N) is 8. The largest absolute Gasteiger partial charge is 0.389 e. The molecular weight excluding hydrogens is 720 g/mol. The van der Waals surface area contributed by atoms with E-state index < -0.39 is 26.4 Å². The number of ketones is 4. The molecule has 5 saturated heterocycles. The summed E-state index contributed by atoms with van der Waals surface area (Å²) in [7, 11) is 0. The molecule has 0 amide bonds. The van der Waals surface area contributed by atoms with Crippen molar-refractivity contribution in [3.63, 3.8) is 0 Å². The summed E-state index contributed by atoms with van der Waals surface area (Å²) < 4.78 is 0. The number of Topliss-reactive ketones (excluding diaryl/α,β-unsaturated/α-hetero) is 4. The highest BCUT2D eigenvalue weighted by molar-refractivity contribution is 5.84. The summed E-state index contributed by atoms with van der Waals surface area (Å²) in [6.45, 7) is -2.01. The molecule has 56 heavy (non-hydrogen) atoms. The van der Waals surface area contributed by atoms with Crippen LogP contribution < -0.4 is 42.5 Å². The molecule has 0 aromatic carbocycles. The van der Waals surface area contributed by atoms with E-state index in [1.807, 2.05) is 0 Å². The Hall–Kier alpha value is -1.80. The van der Waals surface area contributed by atoms with Gasteiger partial charge >= 0.3 is 0 Å². The Balaban J connectivity index is 1.12. The van der Waals surface area contributed by atoms with Gasteiger partial charge in [-0.1, -0.05) is 25.7 Å². The quantitative estimate of drug-likeness (QED) is 0.124. The van der Waals surface area contributed by atoms with Gasteiger partial charge in [0.1, 0.15) is 26.4 Å². The van der Waals surface area contributed by atoms with Crippen molar-refractivity contribution in [1.82, 2.24) is 42.5 Å². The van der Waals surface area contributed by atoms with Gasteiger partial charge in [-0.05, 0) is 75.0 Å². The number of hydrogen-bond acceptors (Lipinski definition) is 16. The maximum Gasteiger partial charge on any atom is 0.161 e. The van der Waals surface area contributed by atoms with Gasteiger partial charge in [0, 0.05) is 47.3 Å². The minimum atomic E-state index is -0.503. The van der Waals surface area contributed by atoms with Gasteiger partial charge in [0.25, 0.3) is 0 Å². The van der Waals surface area contributed by atoms with Crippen LogP contribution in [0.25, 0.3) is 0 Å². The molecule has 312 valence electrons. The summed E-state index contributed by atoms with van der Waals surface area (Å²) >= 11 is 0. The van der Waals surface area contributed by atoms with Crippen LogP contribution in [0.3, 0.4) is 0 Å². The van der Waals surface area contributed by atoms with Crippen LogP contribution in [0.2, 0.25) is 0 Å². The van der Waals surface area contributed by atoms with Crippen LogP contribution in [0.4, 0.5) is 0 Å². The summed E-state index contributed by atoms with van der Waals surface area (Å²) in [5.41, 5.74) is 0. The van der Waals surface area contributed by atoms with E-state index in [0.717, 1.165) is 51.4 Å². The summed E-state index contributed by atoms with van der Waals surface area (Å²) in [6, 6.07) is 0. The molecule has 12 unspecified atom stereocenters. The standard InChI is InChI=1S/C40H64N8O8/c49-13-25(53)17-5-1-9-21-29(17)37-41-33(21)45-38-30-18(26(54)14-50)6-2-10-22(30)35(42-38)47-40-32-20(28(56)16-52)8-4-12-24(32)36(44-40)48-39-31-19(27(55)15-51)7-3-11-23(31)34(43-39)46-37/h17-24,29-52H,1-16H2. The Kier molecular flexibility index (Phi) is 11.6. The monoisotopic (exact) mass is 784 g/mol. The normalized spacial score (nSPS) is 49.6. The van der Waals surface area contributed by atoms with Gasteiger partial charge < -0.3 is 20.4 Å². The minimum Gasteiger partial charge on any atom is -0.389 e. The lowest BCUT2D eigenvalue weighted by molar-refractivity contribution is -0.131. The minimum absolute atomic E-state index is 0.0624. The van der Waals surface area contributed by atoms with Gasteiger partial charge in [-0.2, -0.15) is 0 Å². The molecule has 5 heterocycles. The molecule has 0 aromatic heterocycles. The third-order valence-electron chi connectivity index (χ3n) is 16.4. The summed E-state index contributed by atoms with van der Waals surface area (Å²) in [4.78, 5) is 53.7. The van der Waals surface area contributed by atoms with E-state index in [1.165, 1.54) is 0 Å². The molecular formula is C40H64N8O8. The van der Waals surface area contributed by atoms with Crippen molar-refractivity contribution in [2.24, 2.45) is 71.0 Å². The third-order valence-corrected chi connectivity index (χ3v) is 16.4. The highest BCUT2D eigenvalue weighted by atomic mass is 16.3. The van der Waals surface area contributed by atoms with Crippen molar-refractivity contribution in [2.75, 3.05) is 26.4 Å². The average molecular weight is 785 g/mol. The van der Waals surface area contributed by atoms with Gasteiger partial charge in [-0.15, -0.1) is 0 Å². The zero-order valence-corrected chi connectivity index (χ0v) is 32.3. The van der Waals surface area contributed by atoms with Gasteiger partial charge in [0.2, 0.25) is 0 Å². The molecule has 16 nitrogen and oxygen atoms in total. The van der Waals surface area contributed by atoms with Crippen molar-refractivity contribution in [2.45, 2.75) is 126 Å². The number of fused-ring (bicyclic) bond motifs is 20. The maximum atomic E-state index is 13.4. The van der Waals surface area contributed by atoms with Crippen molar-refractivity contribution < 1.29 is 39.6 Å². The van der Waals surface area contributed by atoms with Crippen LogP contribution >= 0.6 is 0 Å². The molecule has 9 rings (SSSR count). The second kappa shape index (κ2) is 16.3. The molecule has 4 saturated carbocycles. The van der Waals surface area contributed by atoms with Crippen LogP contribution in [0.1, 0.15) is 77.0 Å². The van der Waals surface area contributed by atoms with Gasteiger partial charge in [-0.3, -0.25) is 61.7 Å². The summed E-state index contributed by atoms with van der Waals surface area (Å²) in [5.74, 6) is -2.03. The van der Waals surface area contributed by atoms with Crippen molar-refractivity contribution in [3.05, 3.63) is 0 Å². The van der Waals surface area contributed by atoms with Crippen molar-refractivity contribution >= 4 is 23.1 Å². The zero-order valence-electron chi connectivity index (χ0n) is 32.3. The molecule has 8 bridgehead atoms. The van der Waals surface area contributed by atoms with Crippen LogP contribution in [0.15, 0.2) is 0 Å². The third kappa shape index (κ3) is 6.77. The van der Waals surface area contributed by atoms with Crippen LogP contribution in [-0.2, 0) is 19.2 Å². The molecule has 12 atom stereocenters. The van der Waals surface area contributed by atoms with E-state index in [0.29, 0.717) is 25.7 Å². The van der Waals surface area contributed by atoms with Gasteiger partial charge in [0.15, 0.2) is 23.1 Å². The Labute approximate surface area is 328 Å². The molecule has 12 N–H and O–H groups in total. The molecule has 4 aliphatic carbocycles. The highest BCUT2D eigenvalue weighted by Crippen LogP contribution is 2.49. The van der Waals surface area contributed by atoms with E-state index in [4.69, 9.17) is 0 Å². The average Bonchev–Trinajstić information content (AvgIpc) is 3.97. The molecule has 0 radical (unpaired) electrons. The number of carbonyl (C=O) groups excluding carboxylic acids is 4. The molecule has 5 aliphatic heterocycles. The first-order chi connectivity index (χ1) is 27.2. The fourth-order valence-corrected chi connectivity index (χ4v) is 14.3. The first kappa shape index (κ1) is 39.6. The number of carbonyl (C=O) groups is 4. The van der Waals surface area contributed by atoms with Gasteiger partial charge in [0.05, 0.1) is 49.3 Å². The second-order valence-electron chi connectivity index (χ2n) is 18.8. The van der Waals surface area contributed by atoms with Crippen molar-refractivity contribution in [1.29, 1.82) is 0 Å². The van der Waals surface area contributed by atoms with Crippen LogP contribution in [0.5, 0.6) is 0 Å². The first-order valence-corrected chi connectivity index (χ1v) is 21.9. The SMILES string of the molecule is O=C(CO)C1CCCC2C3NC(NC4NC(NC5NC(NC6NC(N3)C3C(C(=O)CO)CCCC63)C3C(C(=O)CO)CCCC53)C3C(C(=O)CO)CCCC43)C12. The molecule has 0 spiro atoms. The maximum absolute atomic E-state index is 13.4. The number of aliphatic hydroxyl groups is 4. The number of rotatable bonds is 8. The summed E-state index contributed by atoms with van der Waals surface area (Å²) in [6.07, 6.45) is 7.82. The molecule has 9 fully saturated rings. The lowest BCUT2D eigenvalue weighted by atomic mass is 9.68. The Morgan fingerprint density at radius 2 is 0.518 bits per heavy atom. The number of hydrogen-bond donors (Lipinski definition) is 12.